The van der Waals surface area contributed by atoms with Gasteiger partial charge in [-0.1, -0.05) is 13.8 Å². The van der Waals surface area contributed by atoms with Gasteiger partial charge in [-0.3, -0.25) is 29.4 Å². The van der Waals surface area contributed by atoms with Gasteiger partial charge >= 0.3 is 5.97 Å². The van der Waals surface area contributed by atoms with Crippen molar-refractivity contribution in [3.63, 3.8) is 0 Å². The number of rotatable bonds is 7. The fraction of sp³-hybridized carbons (Fsp3) is 0.545. The predicted octanol–water partition coefficient (Wildman–Crippen LogP) is 2.38. The normalized spacial score (nSPS) is 27.5. The Morgan fingerprint density at radius 2 is 1.65 bits per heavy atom. The van der Waals surface area contributed by atoms with Gasteiger partial charge in [-0.05, 0) is 49.1 Å². The van der Waals surface area contributed by atoms with Crippen LogP contribution >= 0.6 is 0 Å². The smallest absolute Gasteiger partial charge is 0.330 e. The first kappa shape index (κ1) is 21.1. The van der Waals surface area contributed by atoms with E-state index in [1.54, 1.807) is 13.8 Å². The fourth-order valence-electron chi connectivity index (χ4n) is 5.46. The molecule has 2 bridgehead atoms. The highest BCUT2D eigenvalue weighted by atomic mass is 16.6. The molecule has 5 atom stereocenters. The number of carbonyl (C=O) groups excluding carboxylic acids is 4. The lowest BCUT2D eigenvalue weighted by Gasteiger charge is -2.28. The number of nitro groups is 1. The first-order valence-corrected chi connectivity index (χ1v) is 10.5. The van der Waals surface area contributed by atoms with Crippen LogP contribution in [0.5, 0.6) is 0 Å². The van der Waals surface area contributed by atoms with Gasteiger partial charge in [0.1, 0.15) is 6.04 Å². The molecular weight excluding hydrogens is 404 g/mol. The van der Waals surface area contributed by atoms with Gasteiger partial charge in [-0.25, -0.2) is 4.79 Å². The first-order chi connectivity index (χ1) is 14.7. The van der Waals surface area contributed by atoms with Gasteiger partial charge in [-0.15, -0.1) is 0 Å². The summed E-state index contributed by atoms with van der Waals surface area (Å²) in [6.45, 7) is 2.88. The molecule has 2 amide bonds. The summed E-state index contributed by atoms with van der Waals surface area (Å²) in [4.78, 5) is 62.5. The minimum absolute atomic E-state index is 0.154. The molecule has 0 N–H and O–H groups in total. The third-order valence-electron chi connectivity index (χ3n) is 6.86. The molecule has 4 rings (SSSR count). The van der Waals surface area contributed by atoms with E-state index in [0.717, 1.165) is 24.2 Å². The maximum absolute atomic E-state index is 13.1. The van der Waals surface area contributed by atoms with Gasteiger partial charge in [0.05, 0.1) is 16.8 Å². The van der Waals surface area contributed by atoms with Crippen LogP contribution in [-0.4, -0.2) is 46.0 Å². The standard InChI is InChI=1S/C22H24N2O7/c1-11(2)19(23-20(26)17-13-3-4-14(9-13)18(17)21(23)27)22(28)31-10-16(25)12-5-7-15(8-6-12)24(29)30/h5-8,11,13-14,17-19H,3-4,9-10H2,1-2H3/t13-,14-,17-,18-,19-/m0/s1. The summed E-state index contributed by atoms with van der Waals surface area (Å²) in [5, 5.41) is 10.7. The summed E-state index contributed by atoms with van der Waals surface area (Å²) in [5.74, 6) is -2.51. The monoisotopic (exact) mass is 428 g/mol. The molecule has 0 unspecified atom stereocenters. The van der Waals surface area contributed by atoms with Crippen LogP contribution in [0, 0.1) is 39.7 Å². The van der Waals surface area contributed by atoms with E-state index in [0.29, 0.717) is 0 Å². The van der Waals surface area contributed by atoms with E-state index in [1.165, 1.54) is 24.3 Å². The van der Waals surface area contributed by atoms with Crippen LogP contribution in [0.4, 0.5) is 5.69 Å². The maximum Gasteiger partial charge on any atom is 0.330 e. The molecule has 31 heavy (non-hydrogen) atoms. The number of imide groups is 1. The molecule has 164 valence electrons. The number of carbonyl (C=O) groups is 4. The van der Waals surface area contributed by atoms with E-state index in [9.17, 15) is 29.3 Å². The molecule has 1 aromatic rings. The van der Waals surface area contributed by atoms with E-state index < -0.39 is 29.3 Å². The number of esters is 1. The van der Waals surface area contributed by atoms with Crippen LogP contribution in [0.2, 0.25) is 0 Å². The highest BCUT2D eigenvalue weighted by Crippen LogP contribution is 2.56. The van der Waals surface area contributed by atoms with Crippen LogP contribution < -0.4 is 0 Å². The number of fused-ring (bicyclic) bond motifs is 5. The Kier molecular flexibility index (Phi) is 5.36. The molecular formula is C22H24N2O7. The van der Waals surface area contributed by atoms with Crippen molar-refractivity contribution < 1.29 is 28.8 Å². The predicted molar refractivity (Wildman–Crippen MR) is 107 cm³/mol. The lowest BCUT2D eigenvalue weighted by atomic mass is 9.81. The Hall–Kier alpha value is -3.10. The number of non-ortho nitro benzene ring substituents is 1. The quantitative estimate of drug-likeness (QED) is 0.215. The van der Waals surface area contributed by atoms with Gasteiger partial charge < -0.3 is 4.74 Å². The van der Waals surface area contributed by atoms with Crippen molar-refractivity contribution in [3.8, 4) is 0 Å². The average molecular weight is 428 g/mol. The summed E-state index contributed by atoms with van der Waals surface area (Å²) in [7, 11) is 0. The summed E-state index contributed by atoms with van der Waals surface area (Å²) in [6, 6.07) is 3.90. The number of Topliss-reactive ketones (excluding diaryl/α,β-unsaturated/α-hetero) is 1. The molecule has 9 nitrogen and oxygen atoms in total. The summed E-state index contributed by atoms with van der Waals surface area (Å²) in [6.07, 6.45) is 2.79. The molecule has 1 saturated heterocycles. The van der Waals surface area contributed by atoms with Crippen molar-refractivity contribution >= 4 is 29.3 Å². The second-order valence-electron chi connectivity index (χ2n) is 8.95. The molecule has 2 saturated carbocycles. The Balaban J connectivity index is 1.44. The topological polar surface area (TPSA) is 124 Å². The molecule has 3 fully saturated rings. The van der Waals surface area contributed by atoms with E-state index >= 15 is 0 Å². The lowest BCUT2D eigenvalue weighted by molar-refractivity contribution is -0.384. The van der Waals surface area contributed by atoms with E-state index in [-0.39, 0.29) is 52.7 Å². The van der Waals surface area contributed by atoms with Crippen LogP contribution in [0.1, 0.15) is 43.5 Å². The number of nitro benzene ring substituents is 1. The second kappa shape index (κ2) is 7.86. The summed E-state index contributed by atoms with van der Waals surface area (Å²) >= 11 is 0. The van der Waals surface area contributed by atoms with Crippen LogP contribution in [0.25, 0.3) is 0 Å². The lowest BCUT2D eigenvalue weighted by Crippen LogP contribution is -2.50. The molecule has 1 aromatic carbocycles. The molecule has 1 heterocycles. The number of ketones is 1. The van der Waals surface area contributed by atoms with Crippen molar-refractivity contribution in [1.29, 1.82) is 0 Å². The van der Waals surface area contributed by atoms with E-state index in [2.05, 4.69) is 0 Å². The highest BCUT2D eigenvalue weighted by molar-refractivity contribution is 6.09. The van der Waals surface area contributed by atoms with Crippen molar-refractivity contribution in [2.24, 2.45) is 29.6 Å². The maximum atomic E-state index is 13.1. The highest BCUT2D eigenvalue weighted by Gasteiger charge is 2.62. The number of amides is 2. The molecule has 9 heteroatoms. The minimum Gasteiger partial charge on any atom is -0.456 e. The van der Waals surface area contributed by atoms with Crippen LogP contribution in [-0.2, 0) is 19.1 Å². The van der Waals surface area contributed by atoms with Crippen LogP contribution in [0.15, 0.2) is 24.3 Å². The SMILES string of the molecule is CC(C)[C@@H](C(=O)OCC(=O)c1ccc([N+](=O)[O-])cc1)N1C(=O)[C@H]2[C@H]3CC[C@@H](C3)[C@@H]2C1=O. The van der Waals surface area contributed by atoms with Crippen molar-refractivity contribution in [2.75, 3.05) is 6.61 Å². The number of hydrogen-bond acceptors (Lipinski definition) is 7. The van der Waals surface area contributed by atoms with Crippen LogP contribution in [0.3, 0.4) is 0 Å². The zero-order valence-corrected chi connectivity index (χ0v) is 17.4. The Morgan fingerprint density at radius 1 is 1.10 bits per heavy atom. The van der Waals surface area contributed by atoms with Crippen molar-refractivity contribution in [3.05, 3.63) is 39.9 Å². The largest absolute Gasteiger partial charge is 0.456 e. The van der Waals surface area contributed by atoms with Gasteiger partial charge in [-0.2, -0.15) is 0 Å². The average Bonchev–Trinajstić information content (AvgIpc) is 3.42. The van der Waals surface area contributed by atoms with Gasteiger partial charge in [0, 0.05) is 17.7 Å². The molecule has 0 aromatic heterocycles. The summed E-state index contributed by atoms with van der Waals surface area (Å²) < 4.78 is 5.19. The van der Waals surface area contributed by atoms with Gasteiger partial charge in [0.2, 0.25) is 11.8 Å². The third-order valence-corrected chi connectivity index (χ3v) is 6.86. The first-order valence-electron chi connectivity index (χ1n) is 10.5. The molecule has 1 aliphatic heterocycles. The number of ether oxygens (including phenoxy) is 1. The molecule has 0 radical (unpaired) electrons. The van der Waals surface area contributed by atoms with Gasteiger partial charge in [0.25, 0.3) is 5.69 Å². The van der Waals surface area contributed by atoms with E-state index in [4.69, 9.17) is 4.74 Å². The Labute approximate surface area is 178 Å². The zero-order valence-electron chi connectivity index (χ0n) is 17.4. The number of hydrogen-bond donors (Lipinski definition) is 0. The molecule has 0 spiro atoms. The second-order valence-corrected chi connectivity index (χ2v) is 8.95. The third kappa shape index (κ3) is 3.51. The van der Waals surface area contributed by atoms with Crippen molar-refractivity contribution in [1.82, 2.24) is 4.90 Å². The minimum atomic E-state index is -1.07. The number of nitrogens with zero attached hydrogens (tertiary/aromatic N) is 2. The summed E-state index contributed by atoms with van der Waals surface area (Å²) in [5.41, 5.74) is 0.0120. The molecule has 3 aliphatic rings. The molecule has 2 aliphatic carbocycles. The fourth-order valence-corrected chi connectivity index (χ4v) is 5.46. The Morgan fingerprint density at radius 3 is 2.13 bits per heavy atom. The van der Waals surface area contributed by atoms with Gasteiger partial charge in [0.15, 0.2) is 12.4 Å². The van der Waals surface area contributed by atoms with E-state index in [1.807, 2.05) is 0 Å². The number of benzene rings is 1. The zero-order chi connectivity index (χ0) is 22.4. The Bertz CT molecular complexity index is 927. The van der Waals surface area contributed by atoms with Crippen molar-refractivity contribution in [2.45, 2.75) is 39.2 Å². The number of likely N-dealkylation sites (tertiary alicyclic amines) is 1.